The molecule has 0 aliphatic carbocycles. The van der Waals surface area contributed by atoms with Crippen LogP contribution < -0.4 is 0 Å². The minimum atomic E-state index is 0.0148. The zero-order valence-electron chi connectivity index (χ0n) is 38.2. The summed E-state index contributed by atoms with van der Waals surface area (Å²) in [6.45, 7) is 12.6. The number of hydrogen-bond donors (Lipinski definition) is 1. The minimum absolute atomic E-state index is 0.0148. The van der Waals surface area contributed by atoms with Crippen LogP contribution in [0.5, 0.6) is 0 Å². The summed E-state index contributed by atoms with van der Waals surface area (Å²) < 4.78 is 12.0. The van der Waals surface area contributed by atoms with Crippen LogP contribution in [0.2, 0.25) is 0 Å². The number of ether oxygens (including phenoxy) is 2. The van der Waals surface area contributed by atoms with E-state index in [1.54, 1.807) is 0 Å². The molecule has 0 radical (unpaired) electrons. The third kappa shape index (κ3) is 42.4. The summed E-state index contributed by atoms with van der Waals surface area (Å²) in [5, 5.41) is 9.25. The Labute approximate surface area is 367 Å². The quantitative estimate of drug-likeness (QED) is 0.0475. The van der Waals surface area contributed by atoms with Crippen molar-refractivity contribution in [1.82, 2.24) is 4.90 Å². The van der Waals surface area contributed by atoms with Crippen LogP contribution in [0.1, 0.15) is 220 Å². The van der Waals surface area contributed by atoms with Gasteiger partial charge >= 0.3 is 11.9 Å². The van der Waals surface area contributed by atoms with Crippen molar-refractivity contribution in [1.29, 1.82) is 0 Å². The van der Waals surface area contributed by atoms with Gasteiger partial charge in [0.25, 0.3) is 0 Å². The van der Waals surface area contributed by atoms with Gasteiger partial charge in [-0.2, -0.15) is 35.3 Å². The average molecular weight is 862 g/mol. The first-order chi connectivity index (χ1) is 28.0. The van der Waals surface area contributed by atoms with Crippen molar-refractivity contribution in [2.75, 3.05) is 60.8 Å². The largest absolute Gasteiger partial charge is 0.461 e. The van der Waals surface area contributed by atoms with Gasteiger partial charge in [0.2, 0.25) is 0 Å². The van der Waals surface area contributed by atoms with Crippen LogP contribution in [0.4, 0.5) is 0 Å². The van der Waals surface area contributed by atoms with Crippen molar-refractivity contribution >= 4 is 47.2 Å². The Morgan fingerprint density at radius 2 is 0.825 bits per heavy atom. The maximum absolute atomic E-state index is 12.6. The van der Waals surface area contributed by atoms with Crippen LogP contribution in [0.15, 0.2) is 0 Å². The highest BCUT2D eigenvalue weighted by atomic mass is 32.2. The number of rotatable bonds is 47. The maximum Gasteiger partial charge on any atom is 0.306 e. The monoisotopic (exact) mass is 862 g/mol. The molecular formula is C48H95NO5S3. The Hall–Kier alpha value is -0.0900. The predicted octanol–water partition coefficient (Wildman–Crippen LogP) is 14.1. The molecule has 0 heterocycles. The Balaban J connectivity index is 4.49. The number of hydrogen-bond acceptors (Lipinski definition) is 9. The molecule has 2 atom stereocenters. The molecular weight excluding hydrogens is 767 g/mol. The number of nitrogens with zero attached hydrogens (tertiary/aromatic N) is 1. The van der Waals surface area contributed by atoms with Crippen molar-refractivity contribution < 1.29 is 24.2 Å². The number of unbranched alkanes of at least 4 members (excludes halogenated alkanes) is 20. The van der Waals surface area contributed by atoms with E-state index in [1.165, 1.54) is 128 Å². The second-order valence-corrected chi connectivity index (χ2v) is 19.9. The zero-order chi connectivity index (χ0) is 41.7. The second kappa shape index (κ2) is 47.0. The minimum Gasteiger partial charge on any atom is -0.461 e. The highest BCUT2D eigenvalue weighted by Crippen LogP contribution is 2.19. The zero-order valence-corrected chi connectivity index (χ0v) is 40.6. The summed E-state index contributed by atoms with van der Waals surface area (Å²) in [5.41, 5.74) is 0. The van der Waals surface area contributed by atoms with Gasteiger partial charge in [0, 0.05) is 42.4 Å². The lowest BCUT2D eigenvalue weighted by molar-refractivity contribution is -0.149. The predicted molar refractivity (Wildman–Crippen MR) is 256 cm³/mol. The van der Waals surface area contributed by atoms with Gasteiger partial charge in [0.05, 0.1) is 6.61 Å². The fourth-order valence-electron chi connectivity index (χ4n) is 7.10. The van der Waals surface area contributed by atoms with E-state index < -0.39 is 0 Å². The third-order valence-electron chi connectivity index (χ3n) is 10.7. The molecule has 0 fully saturated rings. The molecule has 6 nitrogen and oxygen atoms in total. The molecule has 0 aromatic rings. The third-order valence-corrected chi connectivity index (χ3v) is 14.1. The van der Waals surface area contributed by atoms with Gasteiger partial charge in [-0.1, -0.05) is 143 Å². The summed E-state index contributed by atoms with van der Waals surface area (Å²) in [6.07, 6.45) is 34.8. The molecule has 0 aromatic carbocycles. The van der Waals surface area contributed by atoms with Crippen molar-refractivity contribution in [3.63, 3.8) is 0 Å². The van der Waals surface area contributed by atoms with E-state index in [1.807, 2.05) is 35.3 Å². The molecule has 340 valence electrons. The van der Waals surface area contributed by atoms with Crippen LogP contribution in [-0.4, -0.2) is 94.9 Å². The van der Waals surface area contributed by atoms with E-state index >= 15 is 0 Å². The summed E-state index contributed by atoms with van der Waals surface area (Å²) >= 11 is 5.81. The van der Waals surface area contributed by atoms with Crippen molar-refractivity contribution in [2.24, 2.45) is 0 Å². The summed E-state index contributed by atoms with van der Waals surface area (Å²) in [4.78, 5) is 27.9. The van der Waals surface area contributed by atoms with E-state index in [2.05, 4.69) is 32.6 Å². The molecule has 9 heteroatoms. The Morgan fingerprint density at radius 3 is 1.25 bits per heavy atom. The van der Waals surface area contributed by atoms with Crippen LogP contribution in [-0.2, 0) is 19.1 Å². The molecule has 0 aliphatic heterocycles. The summed E-state index contributed by atoms with van der Waals surface area (Å²) in [6, 6.07) is 0. The lowest BCUT2D eigenvalue weighted by Crippen LogP contribution is -2.28. The first-order valence-corrected chi connectivity index (χ1v) is 27.9. The molecule has 0 saturated carbocycles. The first-order valence-electron chi connectivity index (χ1n) is 24.5. The maximum atomic E-state index is 12.6. The van der Waals surface area contributed by atoms with Crippen LogP contribution in [0, 0.1) is 0 Å². The molecule has 0 aliphatic rings. The lowest BCUT2D eigenvalue weighted by Gasteiger charge is -2.22. The van der Waals surface area contributed by atoms with Gasteiger partial charge in [-0.05, 0) is 88.8 Å². The molecule has 0 saturated heterocycles. The molecule has 2 unspecified atom stereocenters. The molecule has 0 spiro atoms. The molecule has 1 N–H and O–H groups in total. The smallest absolute Gasteiger partial charge is 0.306 e. The van der Waals surface area contributed by atoms with E-state index in [0.29, 0.717) is 12.8 Å². The molecule has 0 bridgehead atoms. The highest BCUT2D eigenvalue weighted by Gasteiger charge is 2.16. The van der Waals surface area contributed by atoms with Crippen LogP contribution >= 0.6 is 35.3 Å². The fraction of sp³-hybridized carbons (Fsp3) is 0.958. The number of aliphatic hydroxyl groups is 1. The van der Waals surface area contributed by atoms with Gasteiger partial charge in [-0.15, -0.1) is 0 Å². The van der Waals surface area contributed by atoms with Gasteiger partial charge in [0.15, 0.2) is 0 Å². The van der Waals surface area contributed by atoms with Gasteiger partial charge < -0.3 is 19.5 Å². The molecule has 57 heavy (non-hydrogen) atoms. The Bertz CT molecular complexity index is 778. The number of esters is 2. The number of thioether (sulfide) groups is 3. The number of carbonyl (C=O) groups is 2. The molecule has 0 amide bonds. The average Bonchev–Trinajstić information content (AvgIpc) is 3.20. The Kier molecular flexibility index (Phi) is 46.9. The van der Waals surface area contributed by atoms with Gasteiger partial charge in [-0.3, -0.25) is 9.59 Å². The fourth-order valence-corrected chi connectivity index (χ4v) is 9.96. The van der Waals surface area contributed by atoms with E-state index in [9.17, 15) is 14.7 Å². The van der Waals surface area contributed by atoms with Gasteiger partial charge in [-0.25, -0.2) is 0 Å². The first kappa shape index (κ1) is 56.9. The van der Waals surface area contributed by atoms with Crippen molar-refractivity contribution in [3.05, 3.63) is 0 Å². The Morgan fingerprint density at radius 1 is 0.439 bits per heavy atom. The highest BCUT2D eigenvalue weighted by molar-refractivity contribution is 7.99. The standard InChI is InChI=1S/C48H95NO5S3/c1-5-9-13-17-19-25-33-47(51)53-45(31-23-15-11-7-3)43-56-39-29-21-27-35-49(37-41-55-42-38-50)36-28-22-30-40-57-44-46(32-24-16-12-8-4)54-48(52)34-26-20-18-14-10-6-2/h45-46,50H,5-44H2,1-4H3. The van der Waals surface area contributed by atoms with Crippen molar-refractivity contribution in [2.45, 2.75) is 233 Å². The lowest BCUT2D eigenvalue weighted by atomic mass is 10.1. The SMILES string of the molecule is CCCCCCCCC(=O)OC(CCCCCC)CSCCCCCN(CCCCCSCC(CCCCCC)OC(=O)CCCCCCCC)CCSCCO. The second-order valence-electron chi connectivity index (χ2n) is 16.4. The van der Waals surface area contributed by atoms with E-state index in [4.69, 9.17) is 9.47 Å². The van der Waals surface area contributed by atoms with Crippen molar-refractivity contribution in [3.8, 4) is 0 Å². The van der Waals surface area contributed by atoms with Crippen LogP contribution in [0.3, 0.4) is 0 Å². The van der Waals surface area contributed by atoms with E-state index in [-0.39, 0.29) is 30.8 Å². The normalized spacial score (nSPS) is 12.7. The van der Waals surface area contributed by atoms with E-state index in [0.717, 1.165) is 106 Å². The van der Waals surface area contributed by atoms with Crippen LogP contribution in [0.25, 0.3) is 0 Å². The molecule has 0 aromatic heterocycles. The summed E-state index contributed by atoms with van der Waals surface area (Å²) in [5.74, 6) is 6.09. The topological polar surface area (TPSA) is 76.1 Å². The summed E-state index contributed by atoms with van der Waals surface area (Å²) in [7, 11) is 0. The molecule has 0 rings (SSSR count). The number of aliphatic hydroxyl groups excluding tert-OH is 1. The van der Waals surface area contributed by atoms with Gasteiger partial charge in [0.1, 0.15) is 12.2 Å². The number of carbonyl (C=O) groups excluding carboxylic acids is 2.